The number of hydrogen-bond donors (Lipinski definition) is 0. The molecule has 3 aromatic heterocycles. The van der Waals surface area contributed by atoms with Crippen molar-refractivity contribution in [2.75, 3.05) is 0 Å². The Balaban J connectivity index is 0.000000254. The van der Waals surface area contributed by atoms with Crippen LogP contribution in [-0.4, -0.2) is 29.9 Å². The number of allylic oxidation sites excluding steroid dienone is 1. The minimum Gasteiger partial charge on any atom is -1.00 e. The number of rotatable bonds is 5. The second-order valence-corrected chi connectivity index (χ2v) is 9.98. The molecule has 0 atom stereocenters. The molecule has 7 rings (SSSR count). The average Bonchev–Trinajstić information content (AvgIpc) is 3.59. The Morgan fingerprint density at radius 3 is 1.46 bits per heavy atom. The summed E-state index contributed by atoms with van der Waals surface area (Å²) in [6.07, 6.45) is 1.13. The standard InChI is InChI=1S/C21H17N5.C15H12O2.ClH.Ni.H2O/c1-25-18-12-5-3-8-14(18)23-20(25)16-10-7-11-17(22-16)21-24-15-9-4-6-13-19(15)26(21)2;16-14(12-7-3-1-4-8-12)11-15(17)13-9-5-2-6-10-13;;;/h3-13H,1-2H3;1-11,16H;1H;;1H2/q;;;+2;/p-1/b;14-11-;;;. The van der Waals surface area contributed by atoms with Gasteiger partial charge in [-0.25, -0.2) is 15.0 Å². The Labute approximate surface area is 282 Å². The topological polar surface area (TPSA) is 122 Å². The van der Waals surface area contributed by atoms with E-state index in [0.717, 1.165) is 51.2 Å². The van der Waals surface area contributed by atoms with Crippen LogP contribution in [0.1, 0.15) is 15.9 Å². The first-order chi connectivity index (χ1) is 21.0. The third kappa shape index (κ3) is 7.41. The van der Waals surface area contributed by atoms with Crippen molar-refractivity contribution in [2.24, 2.45) is 14.1 Å². The van der Waals surface area contributed by atoms with E-state index in [1.165, 1.54) is 0 Å². The van der Waals surface area contributed by atoms with Gasteiger partial charge in [-0.3, -0.25) is 4.79 Å². The molecule has 0 radical (unpaired) electrons. The number of ketones is 1. The molecule has 0 spiro atoms. The quantitative estimate of drug-likeness (QED) is 0.0913. The van der Waals surface area contributed by atoms with Crippen molar-refractivity contribution in [2.45, 2.75) is 0 Å². The number of para-hydroxylation sites is 4. The van der Waals surface area contributed by atoms with Gasteiger partial charge in [0.05, 0.1) is 22.1 Å². The van der Waals surface area contributed by atoms with Crippen LogP contribution < -0.4 is 17.5 Å². The van der Waals surface area contributed by atoms with E-state index in [0.29, 0.717) is 11.1 Å². The SMILES string of the molecule is Cn1c(-c2cccc(-c3nc4ccccc4n3C)n2)nc2ccccc21.O=C(/C=C(\[O-])c1ccccc1)c1ccccc1.[Cl-].[Ni+2].[OH3+]. The number of fused-ring (bicyclic) bond motifs is 2. The summed E-state index contributed by atoms with van der Waals surface area (Å²) in [5.74, 6) is 1.18. The molecule has 3 heterocycles. The van der Waals surface area contributed by atoms with Crippen LogP contribution in [0.5, 0.6) is 0 Å². The van der Waals surface area contributed by atoms with E-state index >= 15 is 0 Å². The summed E-state index contributed by atoms with van der Waals surface area (Å²) < 4.78 is 4.16. The summed E-state index contributed by atoms with van der Waals surface area (Å²) in [5.41, 5.74) is 6.87. The third-order valence-corrected chi connectivity index (χ3v) is 7.16. The first kappa shape index (κ1) is 35.4. The number of hydrogen-bond acceptors (Lipinski definition) is 5. The van der Waals surface area contributed by atoms with Crippen molar-refractivity contribution in [1.29, 1.82) is 0 Å². The largest absolute Gasteiger partial charge is 2.00 e. The van der Waals surface area contributed by atoms with Crippen molar-refractivity contribution >= 4 is 33.6 Å². The molecule has 0 aliphatic heterocycles. The number of aryl methyl sites for hydroxylation is 2. The van der Waals surface area contributed by atoms with Gasteiger partial charge < -0.3 is 32.1 Å². The van der Waals surface area contributed by atoms with Crippen LogP contribution >= 0.6 is 0 Å². The average molecular weight is 676 g/mol. The predicted molar refractivity (Wildman–Crippen MR) is 174 cm³/mol. The molecule has 10 heteroatoms. The Morgan fingerprint density at radius 2 is 1.00 bits per heavy atom. The zero-order chi connectivity index (χ0) is 29.8. The van der Waals surface area contributed by atoms with Crippen molar-refractivity contribution in [3.8, 4) is 23.0 Å². The van der Waals surface area contributed by atoms with E-state index in [-0.39, 0.29) is 45.9 Å². The fraction of sp³-hybridized carbons (Fsp3) is 0.0556. The molecule has 0 unspecified atom stereocenters. The first-order valence-electron chi connectivity index (χ1n) is 13.8. The molecule has 234 valence electrons. The maximum absolute atomic E-state index is 11.8. The molecule has 7 aromatic rings. The van der Waals surface area contributed by atoms with Crippen molar-refractivity contribution in [3.63, 3.8) is 0 Å². The summed E-state index contributed by atoms with van der Waals surface area (Å²) in [7, 11) is 4.04. The van der Waals surface area contributed by atoms with Crippen LogP contribution in [0.3, 0.4) is 0 Å². The van der Waals surface area contributed by atoms with Crippen molar-refractivity contribution < 1.29 is 44.3 Å². The summed E-state index contributed by atoms with van der Waals surface area (Å²) in [5, 5.41) is 11.8. The van der Waals surface area contributed by atoms with E-state index in [9.17, 15) is 9.90 Å². The molecule has 0 saturated carbocycles. The normalized spacial score (nSPS) is 10.6. The molecule has 0 amide bonds. The number of imidazole rings is 2. The second-order valence-electron chi connectivity index (χ2n) is 9.98. The molecule has 3 N–H and O–H groups in total. The third-order valence-electron chi connectivity index (χ3n) is 7.16. The van der Waals surface area contributed by atoms with E-state index in [2.05, 4.69) is 21.3 Å². The Hall–Kier alpha value is -5.08. The zero-order valence-corrected chi connectivity index (χ0v) is 26.8. The van der Waals surface area contributed by atoms with Crippen LogP contribution in [0.25, 0.3) is 50.9 Å². The molecule has 0 bridgehead atoms. The monoisotopic (exact) mass is 674 g/mol. The molecular weight excluding hydrogens is 645 g/mol. The molecule has 4 aromatic carbocycles. The van der Waals surface area contributed by atoms with Crippen LogP contribution in [-0.2, 0) is 36.1 Å². The number of benzene rings is 4. The van der Waals surface area contributed by atoms with Crippen LogP contribution in [0, 0.1) is 0 Å². The fourth-order valence-corrected chi connectivity index (χ4v) is 4.92. The molecular formula is C36H31ClN5NiO3+. The van der Waals surface area contributed by atoms with Gasteiger partial charge in [-0.2, -0.15) is 0 Å². The van der Waals surface area contributed by atoms with Crippen LogP contribution in [0.15, 0.2) is 133 Å². The maximum atomic E-state index is 11.8. The van der Waals surface area contributed by atoms with Gasteiger partial charge in [0, 0.05) is 19.7 Å². The van der Waals surface area contributed by atoms with E-state index in [1.807, 2.05) is 80.8 Å². The molecule has 8 nitrogen and oxygen atoms in total. The van der Waals surface area contributed by atoms with Crippen LogP contribution in [0.4, 0.5) is 0 Å². The van der Waals surface area contributed by atoms with Crippen molar-refractivity contribution in [3.05, 3.63) is 145 Å². The first-order valence-corrected chi connectivity index (χ1v) is 13.8. The van der Waals surface area contributed by atoms with Gasteiger partial charge in [0.15, 0.2) is 17.4 Å². The van der Waals surface area contributed by atoms with E-state index < -0.39 is 0 Å². The van der Waals surface area contributed by atoms with Gasteiger partial charge in [0.25, 0.3) is 0 Å². The van der Waals surface area contributed by atoms with Gasteiger partial charge in [-0.15, -0.1) is 0 Å². The number of nitrogens with zero attached hydrogens (tertiary/aromatic N) is 5. The van der Waals surface area contributed by atoms with Gasteiger partial charge in [0.1, 0.15) is 11.4 Å². The summed E-state index contributed by atoms with van der Waals surface area (Å²) in [4.78, 5) is 26.1. The number of carbonyl (C=O) groups is 1. The molecule has 0 aliphatic carbocycles. The molecule has 46 heavy (non-hydrogen) atoms. The van der Waals surface area contributed by atoms with Gasteiger partial charge in [0.2, 0.25) is 0 Å². The zero-order valence-electron chi connectivity index (χ0n) is 25.0. The summed E-state index contributed by atoms with van der Waals surface area (Å²) in [6.45, 7) is 0. The van der Waals surface area contributed by atoms with E-state index in [1.54, 1.807) is 48.5 Å². The van der Waals surface area contributed by atoms with Crippen LogP contribution in [0.2, 0.25) is 0 Å². The number of pyridine rings is 1. The Kier molecular flexibility index (Phi) is 12.1. The van der Waals surface area contributed by atoms with Crippen molar-refractivity contribution in [1.82, 2.24) is 24.1 Å². The van der Waals surface area contributed by atoms with Gasteiger partial charge >= 0.3 is 16.5 Å². The maximum Gasteiger partial charge on any atom is 2.00 e. The van der Waals surface area contributed by atoms with Gasteiger partial charge in [-0.05, 0) is 48.0 Å². The Bertz CT molecular complexity index is 2000. The number of aromatic nitrogens is 5. The predicted octanol–water partition coefficient (Wildman–Crippen LogP) is 2.54. The number of halogens is 1. The number of carbonyl (C=O) groups excluding carboxylic acids is 1. The minimum atomic E-state index is -0.264. The summed E-state index contributed by atoms with van der Waals surface area (Å²) in [6, 6.07) is 39.7. The second kappa shape index (κ2) is 15.8. The molecule has 0 saturated heterocycles. The smallest absolute Gasteiger partial charge is 1.00 e. The molecule has 0 aliphatic rings. The summed E-state index contributed by atoms with van der Waals surface area (Å²) >= 11 is 0. The van der Waals surface area contributed by atoms with Gasteiger partial charge in [-0.1, -0.05) is 96.8 Å². The van der Waals surface area contributed by atoms with E-state index in [4.69, 9.17) is 15.0 Å². The fourth-order valence-electron chi connectivity index (χ4n) is 4.92. The minimum absolute atomic E-state index is 0. The molecule has 0 fully saturated rings. The Morgan fingerprint density at radius 1 is 0.587 bits per heavy atom.